The third-order valence-electron chi connectivity index (χ3n) is 6.22. The summed E-state index contributed by atoms with van der Waals surface area (Å²) in [4.78, 5) is 44.4. The smallest absolute Gasteiger partial charge is 0.343 e. The van der Waals surface area contributed by atoms with E-state index in [0.717, 1.165) is 24.8 Å². The van der Waals surface area contributed by atoms with Crippen molar-refractivity contribution in [3.8, 4) is 5.75 Å². The molecule has 0 atom stereocenters. The Bertz CT molecular complexity index is 1110. The minimum absolute atomic E-state index is 0.0664. The maximum atomic E-state index is 12.9. The Labute approximate surface area is 192 Å². The van der Waals surface area contributed by atoms with Crippen LogP contribution in [-0.4, -0.2) is 46.5 Å². The highest BCUT2D eigenvalue weighted by molar-refractivity contribution is 5.93. The van der Waals surface area contributed by atoms with E-state index in [1.54, 1.807) is 27.9 Å². The number of nitrogens with zero attached hydrogens (tertiary/aromatic N) is 3. The molecule has 0 bridgehead atoms. The number of hydrogen-bond donors (Lipinski definition) is 0. The minimum atomic E-state index is -0.563. The number of carbonyl (C=O) groups is 2. The van der Waals surface area contributed by atoms with Crippen molar-refractivity contribution in [1.82, 2.24) is 14.5 Å². The summed E-state index contributed by atoms with van der Waals surface area (Å²) >= 11 is 0. The summed E-state index contributed by atoms with van der Waals surface area (Å²) in [6.45, 7) is 1.35. The molecule has 8 heteroatoms. The van der Waals surface area contributed by atoms with Gasteiger partial charge in [-0.25, -0.2) is 4.79 Å². The first kappa shape index (κ1) is 22.8. The second-order valence-electron chi connectivity index (χ2n) is 8.38. The Morgan fingerprint density at radius 1 is 1.15 bits per heavy atom. The van der Waals surface area contributed by atoms with Crippen molar-refractivity contribution in [3.63, 3.8) is 0 Å². The van der Waals surface area contributed by atoms with Gasteiger partial charge < -0.3 is 18.9 Å². The molecule has 0 saturated heterocycles. The van der Waals surface area contributed by atoms with E-state index in [-0.39, 0.29) is 29.4 Å². The topological polar surface area (TPSA) is 90.7 Å². The van der Waals surface area contributed by atoms with Crippen LogP contribution in [0.3, 0.4) is 0 Å². The van der Waals surface area contributed by atoms with Gasteiger partial charge in [-0.05, 0) is 31.7 Å². The quantitative estimate of drug-likeness (QED) is 0.496. The van der Waals surface area contributed by atoms with Gasteiger partial charge >= 0.3 is 5.97 Å². The molecule has 0 saturated carbocycles. The van der Waals surface area contributed by atoms with Gasteiger partial charge in [-0.15, -0.1) is 0 Å². The number of esters is 1. The number of carbonyl (C=O) groups excluding carboxylic acids is 2. The second kappa shape index (κ2) is 10.5. The zero-order chi connectivity index (χ0) is 23.2. The molecule has 3 heterocycles. The molecule has 2 aromatic heterocycles. The van der Waals surface area contributed by atoms with E-state index in [1.165, 1.54) is 25.2 Å². The Hall–Kier alpha value is -3.42. The van der Waals surface area contributed by atoms with Gasteiger partial charge in [0, 0.05) is 62.2 Å². The maximum absolute atomic E-state index is 12.9. The predicted molar refractivity (Wildman–Crippen MR) is 122 cm³/mol. The summed E-state index contributed by atoms with van der Waals surface area (Å²) in [5.74, 6) is -0.308. The molecule has 2 aliphatic rings. The number of amides is 1. The lowest BCUT2D eigenvalue weighted by molar-refractivity contribution is -0.130. The van der Waals surface area contributed by atoms with Gasteiger partial charge in [0.1, 0.15) is 17.9 Å². The highest BCUT2D eigenvalue weighted by Crippen LogP contribution is 2.26. The summed E-state index contributed by atoms with van der Waals surface area (Å²) in [6.07, 6.45) is 10.6. The highest BCUT2D eigenvalue weighted by Gasteiger charge is 2.27. The second-order valence-corrected chi connectivity index (χ2v) is 8.38. The average Bonchev–Trinajstić information content (AvgIpc) is 3.07. The van der Waals surface area contributed by atoms with Crippen LogP contribution in [0.5, 0.6) is 5.75 Å². The number of methoxy groups -OCH3 is 1. The zero-order valence-electron chi connectivity index (χ0n) is 18.9. The molecule has 8 nitrogen and oxygen atoms in total. The molecule has 0 N–H and O–H groups in total. The maximum Gasteiger partial charge on any atom is 0.343 e. The average molecular weight is 452 g/mol. The van der Waals surface area contributed by atoms with Gasteiger partial charge in [0.15, 0.2) is 0 Å². The van der Waals surface area contributed by atoms with Crippen LogP contribution in [0, 0.1) is 0 Å². The fourth-order valence-corrected chi connectivity index (χ4v) is 4.45. The van der Waals surface area contributed by atoms with Gasteiger partial charge in [0.05, 0.1) is 7.11 Å². The van der Waals surface area contributed by atoms with E-state index in [0.29, 0.717) is 38.2 Å². The van der Waals surface area contributed by atoms with Crippen LogP contribution in [-0.2, 0) is 29.1 Å². The molecule has 1 amide bonds. The van der Waals surface area contributed by atoms with E-state index in [2.05, 4.69) is 11.1 Å². The summed E-state index contributed by atoms with van der Waals surface area (Å²) in [5, 5.41) is 0. The monoisotopic (exact) mass is 451 g/mol. The molecule has 0 spiro atoms. The molecule has 0 unspecified atom stereocenters. The number of aromatic nitrogens is 2. The van der Waals surface area contributed by atoms with E-state index in [9.17, 15) is 14.4 Å². The lowest BCUT2D eigenvalue weighted by atomic mass is 9.97. The van der Waals surface area contributed by atoms with Crippen LogP contribution in [0.25, 0.3) is 0 Å². The van der Waals surface area contributed by atoms with Crippen molar-refractivity contribution in [1.29, 1.82) is 0 Å². The van der Waals surface area contributed by atoms with Crippen molar-refractivity contribution >= 4 is 11.9 Å². The van der Waals surface area contributed by atoms with Gasteiger partial charge in [-0.1, -0.05) is 17.7 Å². The molecule has 2 aromatic rings. The third kappa shape index (κ3) is 5.32. The van der Waals surface area contributed by atoms with Gasteiger partial charge in [-0.3, -0.25) is 14.6 Å². The summed E-state index contributed by atoms with van der Waals surface area (Å²) in [7, 11) is 1.31. The van der Waals surface area contributed by atoms with E-state index >= 15 is 0 Å². The van der Waals surface area contributed by atoms with Crippen molar-refractivity contribution < 1.29 is 19.1 Å². The summed E-state index contributed by atoms with van der Waals surface area (Å²) < 4.78 is 12.4. The lowest BCUT2D eigenvalue weighted by Gasteiger charge is -2.21. The van der Waals surface area contributed by atoms with Crippen molar-refractivity contribution in [3.05, 3.63) is 69.4 Å². The SMILES string of the molecule is COC(=O)c1c(OCc2cccnc2)cc(=O)n2c1CCN(C(=O)CC1=CCCCC1)CC2. The van der Waals surface area contributed by atoms with Crippen LogP contribution in [0.15, 0.2) is 47.0 Å². The molecule has 4 rings (SSSR count). The molecule has 174 valence electrons. The normalized spacial score (nSPS) is 15.8. The summed E-state index contributed by atoms with van der Waals surface area (Å²) in [6, 6.07) is 4.98. The highest BCUT2D eigenvalue weighted by atomic mass is 16.5. The number of rotatable bonds is 6. The van der Waals surface area contributed by atoms with E-state index in [1.807, 2.05) is 6.07 Å². The van der Waals surface area contributed by atoms with E-state index in [4.69, 9.17) is 9.47 Å². The predicted octanol–water partition coefficient (Wildman–Crippen LogP) is 2.88. The molecule has 33 heavy (non-hydrogen) atoms. The minimum Gasteiger partial charge on any atom is -0.488 e. The first-order valence-corrected chi connectivity index (χ1v) is 11.4. The van der Waals surface area contributed by atoms with Crippen LogP contribution in [0.4, 0.5) is 0 Å². The zero-order valence-corrected chi connectivity index (χ0v) is 18.9. The third-order valence-corrected chi connectivity index (χ3v) is 6.22. The van der Waals surface area contributed by atoms with Crippen LogP contribution in [0.1, 0.15) is 53.7 Å². The first-order chi connectivity index (χ1) is 16.1. The van der Waals surface area contributed by atoms with Crippen LogP contribution < -0.4 is 10.3 Å². The van der Waals surface area contributed by atoms with Gasteiger partial charge in [-0.2, -0.15) is 0 Å². The largest absolute Gasteiger partial charge is 0.488 e. The Balaban J connectivity index is 1.57. The number of fused-ring (bicyclic) bond motifs is 1. The fraction of sp³-hybridized carbons (Fsp3) is 0.440. The van der Waals surface area contributed by atoms with Crippen molar-refractivity contribution in [2.45, 2.75) is 51.7 Å². The molecular weight excluding hydrogens is 422 g/mol. The van der Waals surface area contributed by atoms with E-state index < -0.39 is 5.97 Å². The van der Waals surface area contributed by atoms with Crippen LogP contribution in [0.2, 0.25) is 0 Å². The van der Waals surface area contributed by atoms with Crippen molar-refractivity contribution in [2.75, 3.05) is 20.2 Å². The molecular formula is C25H29N3O5. The lowest BCUT2D eigenvalue weighted by Crippen LogP contribution is -2.34. The number of pyridine rings is 2. The Morgan fingerprint density at radius 2 is 2.03 bits per heavy atom. The first-order valence-electron chi connectivity index (χ1n) is 11.4. The Morgan fingerprint density at radius 3 is 2.76 bits per heavy atom. The molecule has 1 aliphatic heterocycles. The standard InChI is InChI=1S/C25H29N3O5/c1-32-25(31)24-20-9-11-27(22(29)14-18-6-3-2-4-7-18)12-13-28(20)23(30)15-21(24)33-17-19-8-5-10-26-16-19/h5-6,8,10,15-16H,2-4,7,9,11-14,17H2,1H3. The van der Waals surface area contributed by atoms with Gasteiger partial charge in [0.2, 0.25) is 5.91 Å². The summed E-state index contributed by atoms with van der Waals surface area (Å²) in [5.41, 5.74) is 2.54. The number of allylic oxidation sites excluding steroid dienone is 1. The van der Waals surface area contributed by atoms with Gasteiger partial charge in [0.25, 0.3) is 5.56 Å². The molecule has 0 radical (unpaired) electrons. The van der Waals surface area contributed by atoms with Crippen LogP contribution >= 0.6 is 0 Å². The molecule has 0 fully saturated rings. The molecule has 1 aliphatic carbocycles. The fourth-order valence-electron chi connectivity index (χ4n) is 4.45. The van der Waals surface area contributed by atoms with Crippen molar-refractivity contribution in [2.24, 2.45) is 0 Å². The number of hydrogen-bond acceptors (Lipinski definition) is 6. The number of ether oxygens (including phenoxy) is 2. The molecule has 0 aromatic carbocycles. The Kier molecular flexibility index (Phi) is 7.22.